The first-order valence-corrected chi connectivity index (χ1v) is 9.37. The second-order valence-corrected chi connectivity index (χ2v) is 7.48. The number of rotatable bonds is 4. The summed E-state index contributed by atoms with van der Waals surface area (Å²) in [5.41, 5.74) is -0.793. The molecule has 1 aliphatic rings. The van der Waals surface area contributed by atoms with Crippen molar-refractivity contribution in [1.29, 1.82) is 5.26 Å². The van der Waals surface area contributed by atoms with Crippen molar-refractivity contribution in [3.8, 4) is 6.07 Å². The number of fused-ring (bicyclic) bond motifs is 1. The van der Waals surface area contributed by atoms with Crippen LogP contribution in [0.15, 0.2) is 35.3 Å². The molecular weight excluding hydrogens is 395 g/mol. The Bertz CT molecular complexity index is 1250. The van der Waals surface area contributed by atoms with Crippen molar-refractivity contribution in [2.24, 2.45) is 0 Å². The SMILES string of the molecule is Cc1nc(NCc2cccc(C(F)(F)F)c2C)c2cn(C3(C#N)CC3)c(=O)cc2n1. The lowest BCUT2D eigenvalue weighted by atomic mass is 10.0. The van der Waals surface area contributed by atoms with Crippen LogP contribution in [0.4, 0.5) is 19.0 Å². The lowest BCUT2D eigenvalue weighted by molar-refractivity contribution is -0.138. The third-order valence-electron chi connectivity index (χ3n) is 5.43. The Morgan fingerprint density at radius 3 is 2.63 bits per heavy atom. The molecule has 30 heavy (non-hydrogen) atoms. The molecule has 9 heteroatoms. The molecule has 0 spiro atoms. The molecule has 1 aromatic carbocycles. The van der Waals surface area contributed by atoms with Crippen LogP contribution >= 0.6 is 0 Å². The van der Waals surface area contributed by atoms with Crippen LogP contribution in [0, 0.1) is 25.2 Å². The summed E-state index contributed by atoms with van der Waals surface area (Å²) < 4.78 is 41.0. The van der Waals surface area contributed by atoms with Crippen molar-refractivity contribution in [3.05, 3.63) is 63.3 Å². The summed E-state index contributed by atoms with van der Waals surface area (Å²) in [6, 6.07) is 7.60. The minimum Gasteiger partial charge on any atom is -0.365 e. The molecular formula is C21H18F3N5O. The van der Waals surface area contributed by atoms with Gasteiger partial charge in [0.05, 0.1) is 22.5 Å². The van der Waals surface area contributed by atoms with Crippen LogP contribution in [0.25, 0.3) is 10.9 Å². The fraction of sp³-hybridized carbons (Fsp3) is 0.333. The van der Waals surface area contributed by atoms with Gasteiger partial charge in [-0.05, 0) is 43.9 Å². The van der Waals surface area contributed by atoms with Crippen molar-refractivity contribution in [2.75, 3.05) is 5.32 Å². The first kappa shape index (κ1) is 19.9. The molecule has 2 heterocycles. The highest BCUT2D eigenvalue weighted by Gasteiger charge is 2.46. The molecule has 4 rings (SSSR count). The maximum absolute atomic E-state index is 13.2. The second kappa shape index (κ2) is 6.83. The normalized spacial score (nSPS) is 15.1. The molecule has 0 aliphatic heterocycles. The van der Waals surface area contributed by atoms with Crippen molar-refractivity contribution < 1.29 is 13.2 Å². The average Bonchev–Trinajstić information content (AvgIpc) is 3.46. The lowest BCUT2D eigenvalue weighted by Crippen LogP contribution is -2.28. The lowest BCUT2D eigenvalue weighted by Gasteiger charge is -2.16. The van der Waals surface area contributed by atoms with E-state index in [0.717, 1.165) is 6.07 Å². The summed E-state index contributed by atoms with van der Waals surface area (Å²) >= 11 is 0. The Morgan fingerprint density at radius 2 is 2.00 bits per heavy atom. The molecule has 0 unspecified atom stereocenters. The van der Waals surface area contributed by atoms with Crippen LogP contribution in [-0.2, 0) is 18.3 Å². The van der Waals surface area contributed by atoms with Gasteiger partial charge in [-0.25, -0.2) is 9.97 Å². The number of nitriles is 1. The monoisotopic (exact) mass is 413 g/mol. The van der Waals surface area contributed by atoms with Crippen molar-refractivity contribution in [3.63, 3.8) is 0 Å². The highest BCUT2D eigenvalue weighted by Crippen LogP contribution is 2.42. The highest BCUT2D eigenvalue weighted by molar-refractivity contribution is 5.88. The number of alkyl halides is 3. The number of aryl methyl sites for hydroxylation is 1. The summed E-state index contributed by atoms with van der Waals surface area (Å²) in [6.45, 7) is 3.22. The summed E-state index contributed by atoms with van der Waals surface area (Å²) in [7, 11) is 0. The minimum absolute atomic E-state index is 0.115. The number of halogens is 3. The number of aromatic nitrogens is 3. The van der Waals surface area contributed by atoms with E-state index < -0.39 is 17.3 Å². The van der Waals surface area contributed by atoms with E-state index in [2.05, 4.69) is 21.4 Å². The number of benzene rings is 1. The van der Waals surface area contributed by atoms with Crippen LogP contribution < -0.4 is 10.9 Å². The predicted molar refractivity (Wildman–Crippen MR) is 105 cm³/mol. The zero-order chi connectivity index (χ0) is 21.7. The van der Waals surface area contributed by atoms with Crippen LogP contribution in [0.3, 0.4) is 0 Å². The fourth-order valence-corrected chi connectivity index (χ4v) is 3.57. The number of hydrogen-bond acceptors (Lipinski definition) is 5. The maximum atomic E-state index is 13.2. The molecule has 154 valence electrons. The van der Waals surface area contributed by atoms with Crippen molar-refractivity contribution in [2.45, 2.75) is 44.9 Å². The molecule has 1 saturated carbocycles. The summed E-state index contributed by atoms with van der Waals surface area (Å²) in [5.74, 6) is 0.820. The molecule has 0 saturated heterocycles. The molecule has 6 nitrogen and oxygen atoms in total. The maximum Gasteiger partial charge on any atom is 0.416 e. The zero-order valence-corrected chi connectivity index (χ0v) is 16.3. The Kier molecular flexibility index (Phi) is 4.53. The summed E-state index contributed by atoms with van der Waals surface area (Å²) in [6.07, 6.45) is -1.68. The molecule has 3 aromatic rings. The topological polar surface area (TPSA) is 83.6 Å². The van der Waals surface area contributed by atoms with Gasteiger partial charge >= 0.3 is 6.18 Å². The molecule has 1 fully saturated rings. The quantitative estimate of drug-likeness (QED) is 0.698. The van der Waals surface area contributed by atoms with Gasteiger partial charge in [0.2, 0.25) is 0 Å². The first-order valence-electron chi connectivity index (χ1n) is 9.37. The first-order chi connectivity index (χ1) is 14.1. The van der Waals surface area contributed by atoms with Crippen LogP contribution in [0.2, 0.25) is 0 Å². The zero-order valence-electron chi connectivity index (χ0n) is 16.3. The van der Waals surface area contributed by atoms with Gasteiger partial charge in [-0.1, -0.05) is 12.1 Å². The molecule has 0 atom stereocenters. The van der Waals surface area contributed by atoms with Gasteiger partial charge in [-0.2, -0.15) is 18.4 Å². The Balaban J connectivity index is 1.74. The molecule has 1 N–H and O–H groups in total. The predicted octanol–water partition coefficient (Wildman–Crippen LogP) is 4.05. The van der Waals surface area contributed by atoms with Gasteiger partial charge in [0.25, 0.3) is 5.56 Å². The van der Waals surface area contributed by atoms with Crippen molar-refractivity contribution in [1.82, 2.24) is 14.5 Å². The third-order valence-corrected chi connectivity index (χ3v) is 5.43. The van der Waals surface area contributed by atoms with Gasteiger partial charge in [0, 0.05) is 18.8 Å². The number of nitrogens with zero attached hydrogens (tertiary/aromatic N) is 4. The molecule has 1 aliphatic carbocycles. The largest absolute Gasteiger partial charge is 0.416 e. The van der Waals surface area contributed by atoms with Crippen molar-refractivity contribution >= 4 is 16.7 Å². The van der Waals surface area contributed by atoms with E-state index in [1.54, 1.807) is 19.2 Å². The highest BCUT2D eigenvalue weighted by atomic mass is 19.4. The number of anilines is 1. The summed E-state index contributed by atoms with van der Waals surface area (Å²) in [4.78, 5) is 21.1. The van der Waals surface area contributed by atoms with E-state index in [1.165, 1.54) is 23.6 Å². The van der Waals surface area contributed by atoms with E-state index in [-0.39, 0.29) is 17.7 Å². The fourth-order valence-electron chi connectivity index (χ4n) is 3.57. The van der Waals surface area contributed by atoms with E-state index in [4.69, 9.17) is 0 Å². The van der Waals surface area contributed by atoms with Gasteiger partial charge in [0.15, 0.2) is 0 Å². The smallest absolute Gasteiger partial charge is 0.365 e. The molecule has 0 radical (unpaired) electrons. The standard InChI is InChI=1S/C21H18F3N5O/c1-12-14(4-3-5-16(12)21(22,23)24)9-26-19-15-10-29(20(11-25)6-7-20)18(30)8-17(15)27-13(2)28-19/h3-5,8,10H,6-7,9H2,1-2H3,(H,26,27,28). The van der Waals surface area contributed by atoms with E-state index in [0.29, 0.717) is 41.0 Å². The van der Waals surface area contributed by atoms with Gasteiger partial charge in [-0.3, -0.25) is 9.36 Å². The Labute approximate surface area is 170 Å². The van der Waals surface area contributed by atoms with E-state index in [9.17, 15) is 23.2 Å². The number of pyridine rings is 1. The second-order valence-electron chi connectivity index (χ2n) is 7.48. The average molecular weight is 413 g/mol. The molecule has 0 amide bonds. The van der Waals surface area contributed by atoms with E-state index >= 15 is 0 Å². The Hall–Kier alpha value is -3.41. The Morgan fingerprint density at radius 1 is 1.27 bits per heavy atom. The van der Waals surface area contributed by atoms with E-state index in [1.807, 2.05) is 0 Å². The van der Waals surface area contributed by atoms with Gasteiger partial charge in [0.1, 0.15) is 17.2 Å². The van der Waals surface area contributed by atoms with Crippen LogP contribution in [-0.4, -0.2) is 14.5 Å². The molecule has 0 bridgehead atoms. The van der Waals surface area contributed by atoms with Gasteiger partial charge < -0.3 is 5.32 Å². The van der Waals surface area contributed by atoms with Crippen LogP contribution in [0.1, 0.15) is 35.4 Å². The van der Waals surface area contributed by atoms with Gasteiger partial charge in [-0.15, -0.1) is 0 Å². The third kappa shape index (κ3) is 3.38. The molecule has 2 aromatic heterocycles. The summed E-state index contributed by atoms with van der Waals surface area (Å²) in [5, 5.41) is 13.1. The van der Waals surface area contributed by atoms with Crippen LogP contribution in [0.5, 0.6) is 0 Å². The number of nitrogens with one attached hydrogen (secondary N) is 1. The minimum atomic E-state index is -4.43. The number of hydrogen-bond donors (Lipinski definition) is 1.